The monoisotopic (exact) mass is 346 g/mol. The van der Waals surface area contributed by atoms with Crippen molar-refractivity contribution >= 4 is 12.4 Å². The van der Waals surface area contributed by atoms with Crippen molar-refractivity contribution in [1.82, 2.24) is 9.80 Å². The zero-order valence-electron chi connectivity index (χ0n) is 14.5. The first kappa shape index (κ1) is 18.9. The molecule has 2 aromatic carbocycles. The molecule has 3 nitrogen and oxygen atoms in total. The van der Waals surface area contributed by atoms with Crippen molar-refractivity contribution in [3.63, 3.8) is 0 Å². The number of rotatable bonds is 5. The molecule has 1 fully saturated rings. The number of hydrogen-bond acceptors (Lipinski definition) is 3. The van der Waals surface area contributed by atoms with Gasteiger partial charge in [-0.25, -0.2) is 0 Å². The second kappa shape index (κ2) is 8.63. The van der Waals surface area contributed by atoms with E-state index in [4.69, 9.17) is 4.74 Å². The van der Waals surface area contributed by atoms with Gasteiger partial charge in [0.2, 0.25) is 0 Å². The van der Waals surface area contributed by atoms with Gasteiger partial charge in [-0.1, -0.05) is 60.7 Å². The predicted molar refractivity (Wildman–Crippen MR) is 102 cm³/mol. The smallest absolute Gasteiger partial charge is 0.130 e. The summed E-state index contributed by atoms with van der Waals surface area (Å²) < 4.78 is 6.18. The van der Waals surface area contributed by atoms with Crippen LogP contribution in [0.25, 0.3) is 0 Å². The van der Waals surface area contributed by atoms with Gasteiger partial charge in [-0.3, -0.25) is 4.90 Å². The van der Waals surface area contributed by atoms with Gasteiger partial charge in [0.1, 0.15) is 5.60 Å². The highest BCUT2D eigenvalue weighted by Gasteiger charge is 2.36. The molecule has 0 saturated carbocycles. The average Bonchev–Trinajstić information content (AvgIpc) is 2.63. The van der Waals surface area contributed by atoms with Crippen LogP contribution in [0.4, 0.5) is 0 Å². The van der Waals surface area contributed by atoms with Crippen LogP contribution in [0.2, 0.25) is 0 Å². The van der Waals surface area contributed by atoms with Crippen LogP contribution in [0.3, 0.4) is 0 Å². The summed E-state index contributed by atoms with van der Waals surface area (Å²) in [4.78, 5) is 4.90. The molecule has 0 amide bonds. The van der Waals surface area contributed by atoms with E-state index in [1.807, 2.05) is 7.11 Å². The van der Waals surface area contributed by atoms with Crippen molar-refractivity contribution in [1.29, 1.82) is 0 Å². The van der Waals surface area contributed by atoms with E-state index in [1.54, 1.807) is 0 Å². The Morgan fingerprint density at radius 3 is 1.71 bits per heavy atom. The second-order valence-corrected chi connectivity index (χ2v) is 6.34. The minimum absolute atomic E-state index is 0. The Kier molecular flexibility index (Phi) is 6.81. The molecule has 24 heavy (non-hydrogen) atoms. The van der Waals surface area contributed by atoms with Crippen molar-refractivity contribution in [2.24, 2.45) is 0 Å². The number of likely N-dealkylation sites (N-methyl/N-ethyl adjacent to an activating group) is 1. The lowest BCUT2D eigenvalue weighted by atomic mass is 9.85. The van der Waals surface area contributed by atoms with E-state index in [0.29, 0.717) is 0 Å². The van der Waals surface area contributed by atoms with E-state index in [-0.39, 0.29) is 12.4 Å². The lowest BCUT2D eigenvalue weighted by Gasteiger charge is -2.41. The van der Waals surface area contributed by atoms with Gasteiger partial charge in [0.15, 0.2) is 0 Å². The lowest BCUT2D eigenvalue weighted by molar-refractivity contribution is -0.0178. The van der Waals surface area contributed by atoms with Crippen molar-refractivity contribution in [2.75, 3.05) is 46.9 Å². The van der Waals surface area contributed by atoms with Crippen LogP contribution < -0.4 is 0 Å². The first-order chi connectivity index (χ1) is 11.2. The van der Waals surface area contributed by atoms with Crippen LogP contribution in [0.15, 0.2) is 60.7 Å². The standard InChI is InChI=1S/C20H26N2O.ClH/c1-21-13-15-22(16-14-21)17-20(23-2,18-9-5-3-6-10-18)19-11-7-4-8-12-19;/h3-12H,13-17H2,1-2H3;1H. The fraction of sp³-hybridized carbons (Fsp3) is 0.400. The normalized spacial score (nSPS) is 16.6. The van der Waals surface area contributed by atoms with E-state index in [2.05, 4.69) is 77.5 Å². The maximum Gasteiger partial charge on any atom is 0.130 e. The number of benzene rings is 2. The summed E-state index contributed by atoms with van der Waals surface area (Å²) >= 11 is 0. The maximum atomic E-state index is 6.18. The third kappa shape index (κ3) is 3.98. The van der Waals surface area contributed by atoms with E-state index in [1.165, 1.54) is 11.1 Å². The number of hydrogen-bond donors (Lipinski definition) is 0. The number of ether oxygens (including phenoxy) is 1. The summed E-state index contributed by atoms with van der Waals surface area (Å²) in [6.45, 7) is 5.28. The average molecular weight is 347 g/mol. The summed E-state index contributed by atoms with van der Waals surface area (Å²) in [6, 6.07) is 21.2. The minimum atomic E-state index is -0.418. The Bertz CT molecular complexity index is 558. The fourth-order valence-electron chi connectivity index (χ4n) is 3.39. The third-order valence-corrected chi connectivity index (χ3v) is 4.87. The van der Waals surface area contributed by atoms with Crippen molar-refractivity contribution in [2.45, 2.75) is 5.60 Å². The van der Waals surface area contributed by atoms with Crippen molar-refractivity contribution in [3.05, 3.63) is 71.8 Å². The van der Waals surface area contributed by atoms with Crippen LogP contribution in [-0.4, -0.2) is 56.7 Å². The zero-order valence-corrected chi connectivity index (χ0v) is 15.3. The zero-order chi connectivity index (χ0) is 16.1. The van der Waals surface area contributed by atoms with Crippen LogP contribution in [0.5, 0.6) is 0 Å². The first-order valence-corrected chi connectivity index (χ1v) is 8.32. The molecule has 1 aliphatic heterocycles. The maximum absolute atomic E-state index is 6.18. The highest BCUT2D eigenvalue weighted by Crippen LogP contribution is 2.34. The molecule has 0 unspecified atom stereocenters. The van der Waals surface area contributed by atoms with Gasteiger partial charge in [0, 0.05) is 39.8 Å². The second-order valence-electron chi connectivity index (χ2n) is 6.34. The molecule has 0 aromatic heterocycles. The van der Waals surface area contributed by atoms with Crippen LogP contribution in [-0.2, 0) is 10.3 Å². The molecule has 1 aliphatic rings. The number of halogens is 1. The van der Waals surface area contributed by atoms with E-state index >= 15 is 0 Å². The molecule has 0 bridgehead atoms. The number of methoxy groups -OCH3 is 1. The van der Waals surface area contributed by atoms with Gasteiger partial charge >= 0.3 is 0 Å². The van der Waals surface area contributed by atoms with E-state index < -0.39 is 5.60 Å². The van der Waals surface area contributed by atoms with Crippen LogP contribution in [0.1, 0.15) is 11.1 Å². The molecule has 0 N–H and O–H groups in total. The molecule has 0 atom stereocenters. The van der Waals surface area contributed by atoms with Gasteiger partial charge in [-0.2, -0.15) is 0 Å². The Morgan fingerprint density at radius 2 is 1.29 bits per heavy atom. The molecule has 3 rings (SSSR count). The molecule has 2 aromatic rings. The Labute approximate surface area is 151 Å². The molecule has 0 aliphatic carbocycles. The first-order valence-electron chi connectivity index (χ1n) is 8.32. The quantitative estimate of drug-likeness (QED) is 0.826. The van der Waals surface area contributed by atoms with Gasteiger partial charge in [0.05, 0.1) is 0 Å². The fourth-order valence-corrected chi connectivity index (χ4v) is 3.39. The molecule has 1 saturated heterocycles. The Balaban J connectivity index is 0.00000208. The molecule has 1 heterocycles. The highest BCUT2D eigenvalue weighted by molar-refractivity contribution is 5.85. The minimum Gasteiger partial charge on any atom is -0.367 e. The van der Waals surface area contributed by atoms with Gasteiger partial charge < -0.3 is 9.64 Å². The largest absolute Gasteiger partial charge is 0.367 e. The molecule has 130 valence electrons. The van der Waals surface area contributed by atoms with Gasteiger partial charge in [-0.05, 0) is 18.2 Å². The lowest BCUT2D eigenvalue weighted by Crippen LogP contribution is -2.51. The summed E-state index contributed by atoms with van der Waals surface area (Å²) in [5.74, 6) is 0. The molecule has 0 spiro atoms. The number of nitrogens with zero attached hydrogens (tertiary/aromatic N) is 2. The molecular formula is C20H27ClN2O. The SMILES string of the molecule is COC(CN1CCN(C)CC1)(c1ccccc1)c1ccccc1.Cl. The Morgan fingerprint density at radius 1 is 0.833 bits per heavy atom. The molecule has 0 radical (unpaired) electrons. The van der Waals surface area contributed by atoms with Crippen molar-refractivity contribution in [3.8, 4) is 0 Å². The third-order valence-electron chi connectivity index (χ3n) is 4.87. The van der Waals surface area contributed by atoms with Crippen LogP contribution >= 0.6 is 12.4 Å². The highest BCUT2D eigenvalue weighted by atomic mass is 35.5. The summed E-state index contributed by atoms with van der Waals surface area (Å²) in [5.41, 5.74) is 2.01. The van der Waals surface area contributed by atoms with E-state index in [9.17, 15) is 0 Å². The summed E-state index contributed by atoms with van der Waals surface area (Å²) in [5, 5.41) is 0. The summed E-state index contributed by atoms with van der Waals surface area (Å²) in [6.07, 6.45) is 0. The van der Waals surface area contributed by atoms with Crippen LogP contribution in [0, 0.1) is 0 Å². The van der Waals surface area contributed by atoms with Gasteiger partial charge in [-0.15, -0.1) is 12.4 Å². The molecular weight excluding hydrogens is 320 g/mol. The number of piperazine rings is 1. The predicted octanol–water partition coefficient (Wildman–Crippen LogP) is 3.25. The summed E-state index contributed by atoms with van der Waals surface area (Å²) in [7, 11) is 4.02. The molecule has 4 heteroatoms. The van der Waals surface area contributed by atoms with Gasteiger partial charge in [0.25, 0.3) is 0 Å². The van der Waals surface area contributed by atoms with E-state index in [0.717, 1.165) is 32.7 Å². The Hall–Kier alpha value is -1.39. The topological polar surface area (TPSA) is 15.7 Å². The van der Waals surface area contributed by atoms with Crippen molar-refractivity contribution < 1.29 is 4.74 Å².